The third-order valence-electron chi connectivity index (χ3n) is 2.73. The largest absolute Gasteiger partial charge is 0.493 e. The molecule has 1 aromatic rings. The Morgan fingerprint density at radius 2 is 2.04 bits per heavy atom. The van der Waals surface area contributed by atoms with Crippen LogP contribution in [0.2, 0.25) is 0 Å². The van der Waals surface area contributed by atoms with Gasteiger partial charge in [0.1, 0.15) is 0 Å². The van der Waals surface area contributed by atoms with Gasteiger partial charge in [-0.3, -0.25) is 4.99 Å². The van der Waals surface area contributed by atoms with Crippen LogP contribution in [-0.2, 0) is 0 Å². The number of hydrogen-bond donors (Lipinski definition) is 2. The van der Waals surface area contributed by atoms with Crippen LogP contribution < -0.4 is 20.1 Å². The molecule has 0 radical (unpaired) electrons. The van der Waals surface area contributed by atoms with Crippen molar-refractivity contribution in [1.82, 2.24) is 5.32 Å². The Kier molecular flexibility index (Phi) is 12.7. The summed E-state index contributed by atoms with van der Waals surface area (Å²) in [4.78, 5) is 4.55. The summed E-state index contributed by atoms with van der Waals surface area (Å²) in [6.07, 6.45) is 1.90. The lowest BCUT2D eigenvalue weighted by molar-refractivity contribution is 0.355. The van der Waals surface area contributed by atoms with Gasteiger partial charge >= 0.3 is 0 Å². The number of halogens is 1. The van der Waals surface area contributed by atoms with Crippen molar-refractivity contribution < 1.29 is 9.47 Å². The van der Waals surface area contributed by atoms with Gasteiger partial charge in [0.15, 0.2) is 17.5 Å². The summed E-state index contributed by atoms with van der Waals surface area (Å²) in [6.45, 7) is 7.30. The molecule has 0 aliphatic carbocycles. The number of rotatable bonds is 9. The quantitative estimate of drug-likeness (QED) is 0.198. The average Bonchev–Trinajstić information content (AvgIpc) is 2.54. The van der Waals surface area contributed by atoms with Crippen LogP contribution in [0.25, 0.3) is 0 Å². The highest BCUT2D eigenvalue weighted by Crippen LogP contribution is 2.29. The van der Waals surface area contributed by atoms with Crippen molar-refractivity contribution in [3.63, 3.8) is 0 Å². The van der Waals surface area contributed by atoms with Gasteiger partial charge in [-0.25, -0.2) is 0 Å². The molecule has 2 N–H and O–H groups in total. The number of ether oxygens (including phenoxy) is 2. The SMILES string of the molecule is C=CCSCCN=C(NCC)Nc1ccc(OC)c(OC)c1.I. The predicted octanol–water partition coefficient (Wildman–Crippen LogP) is 3.62. The fourth-order valence-electron chi connectivity index (χ4n) is 1.75. The van der Waals surface area contributed by atoms with Crippen molar-refractivity contribution in [2.75, 3.05) is 44.1 Å². The summed E-state index contributed by atoms with van der Waals surface area (Å²) in [7, 11) is 3.25. The highest BCUT2D eigenvalue weighted by Gasteiger charge is 2.06. The van der Waals surface area contributed by atoms with Crippen LogP contribution in [-0.4, -0.2) is 44.8 Å². The lowest BCUT2D eigenvalue weighted by Crippen LogP contribution is -2.30. The summed E-state index contributed by atoms with van der Waals surface area (Å²) in [5.74, 6) is 4.07. The van der Waals surface area contributed by atoms with Gasteiger partial charge in [0.05, 0.1) is 20.8 Å². The molecule has 0 bridgehead atoms. The van der Waals surface area contributed by atoms with Crippen LogP contribution >= 0.6 is 35.7 Å². The number of guanidine groups is 1. The molecule has 0 aliphatic rings. The van der Waals surface area contributed by atoms with E-state index in [0.717, 1.165) is 36.2 Å². The van der Waals surface area contributed by atoms with Gasteiger partial charge in [0, 0.05) is 29.8 Å². The van der Waals surface area contributed by atoms with E-state index in [1.807, 2.05) is 43.0 Å². The molecule has 23 heavy (non-hydrogen) atoms. The first-order valence-corrected chi connectivity index (χ1v) is 8.36. The lowest BCUT2D eigenvalue weighted by Gasteiger charge is -2.13. The first-order chi connectivity index (χ1) is 10.7. The molecule has 0 saturated carbocycles. The Balaban J connectivity index is 0.00000484. The van der Waals surface area contributed by atoms with E-state index in [0.29, 0.717) is 11.5 Å². The number of nitrogens with one attached hydrogen (secondary N) is 2. The Morgan fingerprint density at radius 3 is 2.65 bits per heavy atom. The van der Waals surface area contributed by atoms with E-state index in [9.17, 15) is 0 Å². The number of nitrogens with zero attached hydrogens (tertiary/aromatic N) is 1. The maximum Gasteiger partial charge on any atom is 0.195 e. The maximum atomic E-state index is 5.31. The van der Waals surface area contributed by atoms with Crippen molar-refractivity contribution in [2.24, 2.45) is 4.99 Å². The number of hydrogen-bond acceptors (Lipinski definition) is 4. The van der Waals surface area contributed by atoms with E-state index in [2.05, 4.69) is 22.2 Å². The van der Waals surface area contributed by atoms with Crippen LogP contribution in [0.5, 0.6) is 11.5 Å². The van der Waals surface area contributed by atoms with Crippen molar-refractivity contribution in [3.05, 3.63) is 30.9 Å². The molecule has 0 atom stereocenters. The zero-order chi connectivity index (χ0) is 16.2. The fraction of sp³-hybridized carbons (Fsp3) is 0.438. The van der Waals surface area contributed by atoms with Gasteiger partial charge in [-0.2, -0.15) is 11.8 Å². The van der Waals surface area contributed by atoms with Gasteiger partial charge < -0.3 is 20.1 Å². The predicted molar refractivity (Wildman–Crippen MR) is 112 cm³/mol. The zero-order valence-electron chi connectivity index (χ0n) is 13.9. The van der Waals surface area contributed by atoms with Gasteiger partial charge in [0.2, 0.25) is 0 Å². The minimum atomic E-state index is 0. The molecule has 0 fully saturated rings. The number of methoxy groups -OCH3 is 2. The normalized spacial score (nSPS) is 10.5. The van der Waals surface area contributed by atoms with Crippen LogP contribution in [0.1, 0.15) is 6.92 Å². The van der Waals surface area contributed by atoms with Crippen molar-refractivity contribution in [1.29, 1.82) is 0 Å². The fourth-order valence-corrected chi connectivity index (χ4v) is 2.30. The Labute approximate surface area is 160 Å². The summed E-state index contributed by atoms with van der Waals surface area (Å²) in [5.41, 5.74) is 0.899. The Morgan fingerprint density at radius 1 is 1.30 bits per heavy atom. The van der Waals surface area contributed by atoms with Gasteiger partial charge in [0.25, 0.3) is 0 Å². The molecule has 0 saturated heterocycles. The van der Waals surface area contributed by atoms with E-state index in [1.54, 1.807) is 14.2 Å². The van der Waals surface area contributed by atoms with Crippen LogP contribution in [0.15, 0.2) is 35.8 Å². The minimum Gasteiger partial charge on any atom is -0.493 e. The standard InChI is InChI=1S/C16H25N3O2S.HI/c1-5-10-22-11-9-18-16(17-6-2)19-13-7-8-14(20-3)15(12-13)21-4;/h5,7-8,12H,1,6,9-11H2,2-4H3,(H2,17,18,19);1H. The van der Waals surface area contributed by atoms with E-state index >= 15 is 0 Å². The molecule has 0 heterocycles. The second-order valence-corrected chi connectivity index (χ2v) is 5.47. The average molecular weight is 451 g/mol. The molecular weight excluding hydrogens is 425 g/mol. The topological polar surface area (TPSA) is 54.9 Å². The molecule has 1 rings (SSSR count). The summed E-state index contributed by atoms with van der Waals surface area (Å²) >= 11 is 1.81. The smallest absolute Gasteiger partial charge is 0.195 e. The monoisotopic (exact) mass is 451 g/mol. The molecule has 0 amide bonds. The third kappa shape index (κ3) is 8.36. The van der Waals surface area contributed by atoms with E-state index in [4.69, 9.17) is 9.47 Å². The lowest BCUT2D eigenvalue weighted by atomic mass is 10.3. The molecule has 130 valence electrons. The summed E-state index contributed by atoms with van der Waals surface area (Å²) in [6, 6.07) is 5.68. The minimum absolute atomic E-state index is 0. The molecule has 5 nitrogen and oxygen atoms in total. The number of aliphatic imine (C=N–C) groups is 1. The van der Waals surface area contributed by atoms with E-state index < -0.39 is 0 Å². The highest BCUT2D eigenvalue weighted by atomic mass is 127. The molecule has 0 spiro atoms. The highest BCUT2D eigenvalue weighted by molar-refractivity contribution is 14.0. The number of thioether (sulfide) groups is 1. The van der Waals surface area contributed by atoms with Gasteiger partial charge in [-0.15, -0.1) is 30.6 Å². The van der Waals surface area contributed by atoms with Gasteiger partial charge in [-0.1, -0.05) is 6.08 Å². The molecular formula is C16H26IN3O2S. The first kappa shape index (κ1) is 21.9. The van der Waals surface area contributed by atoms with E-state index in [1.165, 1.54) is 0 Å². The molecule has 0 aromatic heterocycles. The summed E-state index contributed by atoms with van der Waals surface area (Å²) < 4.78 is 10.5. The van der Waals surface area contributed by atoms with Crippen LogP contribution in [0.3, 0.4) is 0 Å². The second-order valence-electron chi connectivity index (χ2n) is 4.32. The Bertz CT molecular complexity index is 498. The molecule has 0 unspecified atom stereocenters. The van der Waals surface area contributed by atoms with Crippen LogP contribution in [0.4, 0.5) is 5.69 Å². The maximum absolute atomic E-state index is 5.31. The Hall–Kier alpha value is -1.09. The number of benzene rings is 1. The van der Waals surface area contributed by atoms with Crippen molar-refractivity contribution in [3.8, 4) is 11.5 Å². The first-order valence-electron chi connectivity index (χ1n) is 7.21. The number of anilines is 1. The third-order valence-corrected chi connectivity index (χ3v) is 3.67. The zero-order valence-corrected chi connectivity index (χ0v) is 17.1. The van der Waals surface area contributed by atoms with E-state index in [-0.39, 0.29) is 24.0 Å². The molecule has 0 aliphatic heterocycles. The molecule has 1 aromatic carbocycles. The summed E-state index contributed by atoms with van der Waals surface area (Å²) in [5, 5.41) is 6.50. The van der Waals surface area contributed by atoms with Gasteiger partial charge in [-0.05, 0) is 19.1 Å². The molecule has 7 heteroatoms. The van der Waals surface area contributed by atoms with Crippen LogP contribution in [0, 0.1) is 0 Å². The van der Waals surface area contributed by atoms with Crippen molar-refractivity contribution >= 4 is 47.4 Å². The van der Waals surface area contributed by atoms with Crippen molar-refractivity contribution in [2.45, 2.75) is 6.92 Å². The second kappa shape index (κ2) is 13.4.